The quantitative estimate of drug-likeness (QED) is 0.288. The molecule has 120 valence electrons. The van der Waals surface area contributed by atoms with Crippen LogP contribution in [-0.4, -0.2) is 29.4 Å². The van der Waals surface area contributed by atoms with Gasteiger partial charge in [0.05, 0.1) is 9.85 Å². The van der Waals surface area contributed by atoms with Gasteiger partial charge in [-0.15, -0.1) is 0 Å². The molecule has 0 aromatic carbocycles. The molecule has 2 heterocycles. The monoisotopic (exact) mass is 519 g/mol. The molecule has 0 spiro atoms. The Balaban J connectivity index is -0.000000270. The average Bonchev–Trinajstić information content (AvgIpc) is 2.88. The second kappa shape index (κ2) is 11.2. The molecular weight excluding hydrogens is 510 g/mol. The van der Waals surface area contributed by atoms with E-state index in [1.807, 2.05) is 0 Å². The summed E-state index contributed by atoms with van der Waals surface area (Å²) in [4.78, 5) is 19.0. The van der Waals surface area contributed by atoms with E-state index in [9.17, 15) is 20.2 Å². The maximum absolute atomic E-state index is 9.97. The van der Waals surface area contributed by atoms with E-state index < -0.39 is 9.85 Å². The standard InChI is InChI=1S/2C4H5N3O2.2ClH.Pt/c2*1-6-3-4(2-5-6)7(8)9;;;/h2*2-3H,1H3;2*1H;/q;;;;+2/p-2. The summed E-state index contributed by atoms with van der Waals surface area (Å²) in [7, 11) is 3.26. The number of aryl methyl sites for hydroxylation is 2. The van der Waals surface area contributed by atoms with Crippen LogP contribution in [0.15, 0.2) is 24.8 Å². The molecule has 0 atom stereocenters. The Bertz CT molecular complexity index is 524. The van der Waals surface area contributed by atoms with Crippen molar-refractivity contribution in [2.24, 2.45) is 14.1 Å². The molecule has 2 aromatic heterocycles. The first-order chi connectivity index (χ1) is 8.40. The van der Waals surface area contributed by atoms with Crippen molar-refractivity contribution >= 4 is 11.4 Å². The second-order valence-corrected chi connectivity index (χ2v) is 3.26. The van der Waals surface area contributed by atoms with Gasteiger partial charge in [0.15, 0.2) is 0 Å². The summed E-state index contributed by atoms with van der Waals surface area (Å²) in [6.45, 7) is 0. The molecule has 0 radical (unpaired) electrons. The smallest absolute Gasteiger partial charge is 1.00 e. The van der Waals surface area contributed by atoms with E-state index in [0.29, 0.717) is 0 Å². The van der Waals surface area contributed by atoms with Crippen molar-refractivity contribution in [1.82, 2.24) is 19.6 Å². The number of nitrogens with zero attached hydrogens (tertiary/aromatic N) is 6. The van der Waals surface area contributed by atoms with Crippen LogP contribution in [0.4, 0.5) is 11.4 Å². The largest absolute Gasteiger partial charge is 2.00 e. The molecule has 0 fully saturated rings. The van der Waals surface area contributed by atoms with Crippen LogP contribution in [0.3, 0.4) is 0 Å². The molecule has 0 aliphatic carbocycles. The third-order valence-corrected chi connectivity index (χ3v) is 1.80. The zero-order valence-electron chi connectivity index (χ0n) is 10.7. The van der Waals surface area contributed by atoms with E-state index >= 15 is 0 Å². The predicted molar refractivity (Wildman–Crippen MR) is 59.7 cm³/mol. The van der Waals surface area contributed by atoms with Crippen LogP contribution in [0, 0.1) is 20.2 Å². The van der Waals surface area contributed by atoms with Gasteiger partial charge < -0.3 is 24.8 Å². The summed E-state index contributed by atoms with van der Waals surface area (Å²) in [5.41, 5.74) is 0.0509. The Morgan fingerprint density at radius 1 is 0.905 bits per heavy atom. The van der Waals surface area contributed by atoms with E-state index in [-0.39, 0.29) is 57.3 Å². The van der Waals surface area contributed by atoms with Gasteiger partial charge >= 0.3 is 32.4 Å². The number of hydrogen-bond acceptors (Lipinski definition) is 6. The summed E-state index contributed by atoms with van der Waals surface area (Å²) in [5, 5.41) is 27.2. The molecule has 0 aliphatic rings. The molecule has 0 aliphatic heterocycles. The van der Waals surface area contributed by atoms with Crippen molar-refractivity contribution in [3.05, 3.63) is 45.0 Å². The minimum absolute atomic E-state index is 0. The Hall–Kier alpha value is -1.51. The van der Waals surface area contributed by atoms with Gasteiger partial charge in [0, 0.05) is 14.1 Å². The van der Waals surface area contributed by atoms with E-state index in [0.717, 1.165) is 0 Å². The molecule has 0 saturated carbocycles. The van der Waals surface area contributed by atoms with Gasteiger partial charge in [0.25, 0.3) is 0 Å². The minimum Gasteiger partial charge on any atom is -1.00 e. The molecule has 0 saturated heterocycles. The van der Waals surface area contributed by atoms with Gasteiger partial charge in [-0.2, -0.15) is 10.2 Å². The Labute approximate surface area is 145 Å². The first kappa shape index (κ1) is 24.5. The number of aromatic nitrogens is 4. The van der Waals surface area contributed by atoms with Crippen LogP contribution in [0.25, 0.3) is 0 Å². The maximum Gasteiger partial charge on any atom is 2.00 e. The third-order valence-electron chi connectivity index (χ3n) is 1.80. The van der Waals surface area contributed by atoms with Crippen molar-refractivity contribution in [1.29, 1.82) is 0 Å². The van der Waals surface area contributed by atoms with Gasteiger partial charge in [-0.05, 0) is 0 Å². The van der Waals surface area contributed by atoms with E-state index in [2.05, 4.69) is 10.2 Å². The van der Waals surface area contributed by atoms with Gasteiger partial charge in [-0.25, -0.2) is 0 Å². The number of hydrogen-bond donors (Lipinski definition) is 0. The minimum atomic E-state index is -0.479. The molecule has 0 bridgehead atoms. The zero-order valence-corrected chi connectivity index (χ0v) is 14.5. The fourth-order valence-electron chi connectivity index (χ4n) is 1.01. The molecule has 13 heteroatoms. The fraction of sp³-hybridized carbons (Fsp3) is 0.250. The topological polar surface area (TPSA) is 122 Å². The molecule has 10 nitrogen and oxygen atoms in total. The summed E-state index contributed by atoms with van der Waals surface area (Å²) in [6, 6.07) is 0. The fourth-order valence-corrected chi connectivity index (χ4v) is 1.01. The van der Waals surface area contributed by atoms with E-state index in [1.165, 1.54) is 34.2 Å². The van der Waals surface area contributed by atoms with Crippen LogP contribution in [0.1, 0.15) is 0 Å². The van der Waals surface area contributed by atoms with Crippen LogP contribution >= 0.6 is 0 Å². The average molecular weight is 520 g/mol. The number of nitro groups is 2. The maximum atomic E-state index is 9.97. The van der Waals surface area contributed by atoms with Crippen molar-refractivity contribution in [2.75, 3.05) is 0 Å². The van der Waals surface area contributed by atoms with Crippen molar-refractivity contribution in [3.8, 4) is 0 Å². The van der Waals surface area contributed by atoms with Gasteiger partial charge in [-0.3, -0.25) is 29.6 Å². The number of rotatable bonds is 2. The number of halogens is 2. The van der Waals surface area contributed by atoms with Crippen LogP contribution < -0.4 is 24.8 Å². The normalized spacial score (nSPS) is 8.10. The summed E-state index contributed by atoms with van der Waals surface area (Å²) in [6.07, 6.45) is 5.11. The Morgan fingerprint density at radius 3 is 1.29 bits per heavy atom. The summed E-state index contributed by atoms with van der Waals surface area (Å²) < 4.78 is 2.77. The van der Waals surface area contributed by atoms with E-state index in [1.54, 1.807) is 14.1 Å². The van der Waals surface area contributed by atoms with Crippen LogP contribution in [-0.2, 0) is 35.2 Å². The molecule has 2 rings (SSSR count). The first-order valence-electron chi connectivity index (χ1n) is 4.66. The van der Waals surface area contributed by atoms with Crippen molar-refractivity contribution in [2.45, 2.75) is 0 Å². The van der Waals surface area contributed by atoms with Gasteiger partial charge in [0.1, 0.15) is 24.8 Å². The summed E-state index contributed by atoms with van der Waals surface area (Å²) in [5.74, 6) is 0. The SMILES string of the molecule is Cn1cc([N+](=O)[O-])cn1.Cn1cc([N+](=O)[O-])cn1.[Cl-].[Cl-].[Pt+2]. The molecule has 0 amide bonds. The molecule has 0 N–H and O–H groups in total. The summed E-state index contributed by atoms with van der Waals surface area (Å²) >= 11 is 0. The van der Waals surface area contributed by atoms with Crippen molar-refractivity contribution in [3.63, 3.8) is 0 Å². The molecule has 21 heavy (non-hydrogen) atoms. The molecule has 2 aromatic rings. The van der Waals surface area contributed by atoms with Crippen LogP contribution in [0.5, 0.6) is 0 Å². The molecule has 0 unspecified atom stereocenters. The first-order valence-corrected chi connectivity index (χ1v) is 4.66. The van der Waals surface area contributed by atoms with Crippen molar-refractivity contribution < 1.29 is 55.7 Å². The third kappa shape index (κ3) is 8.38. The van der Waals surface area contributed by atoms with E-state index in [4.69, 9.17) is 0 Å². The Morgan fingerprint density at radius 2 is 1.19 bits per heavy atom. The zero-order chi connectivity index (χ0) is 13.7. The van der Waals surface area contributed by atoms with Gasteiger partial charge in [0.2, 0.25) is 0 Å². The predicted octanol–water partition coefficient (Wildman–Crippen LogP) is -5.34. The molecular formula is C8H10Cl2N6O4Pt. The van der Waals surface area contributed by atoms with Gasteiger partial charge in [-0.1, -0.05) is 0 Å². The second-order valence-electron chi connectivity index (χ2n) is 3.26. The van der Waals surface area contributed by atoms with Crippen LogP contribution in [0.2, 0.25) is 0 Å². The Kier molecular flexibility index (Phi) is 13.0.